The van der Waals surface area contributed by atoms with Crippen LogP contribution in [0.15, 0.2) is 49.1 Å². The average molecular weight is 392 g/mol. The second-order valence-electron chi connectivity index (χ2n) is 7.07. The molecule has 1 aliphatic carbocycles. The summed E-state index contributed by atoms with van der Waals surface area (Å²) in [6.45, 7) is 2.98. The number of nitrogens with zero attached hydrogens (tertiary/aromatic N) is 4. The Morgan fingerprint density at radius 3 is 2.76 bits per heavy atom. The number of ether oxygens (including phenoxy) is 1. The van der Waals surface area contributed by atoms with Gasteiger partial charge < -0.3 is 15.4 Å². The fourth-order valence-electron chi connectivity index (χ4n) is 3.52. The van der Waals surface area contributed by atoms with Crippen LogP contribution in [-0.2, 0) is 10.2 Å². The molecule has 2 N–H and O–H groups in total. The number of hydrogen-bond donors (Lipinski definition) is 2. The highest BCUT2D eigenvalue weighted by atomic mass is 16.5. The lowest BCUT2D eigenvalue weighted by atomic mass is 9.94. The highest BCUT2D eigenvalue weighted by molar-refractivity contribution is 5.92. The van der Waals surface area contributed by atoms with Crippen LogP contribution in [0.25, 0.3) is 5.82 Å². The summed E-state index contributed by atoms with van der Waals surface area (Å²) in [5.41, 5.74) is 0.497. The van der Waals surface area contributed by atoms with Crippen molar-refractivity contribution in [2.24, 2.45) is 0 Å². The fraction of sp³-hybridized carbons (Fsp3) is 0.333. The minimum atomic E-state index is -0.465. The number of carbonyl (C=O) groups excluding carboxylic acids is 1. The van der Waals surface area contributed by atoms with Crippen LogP contribution in [0.2, 0.25) is 0 Å². The Balaban J connectivity index is 1.33. The molecule has 1 aliphatic rings. The first kappa shape index (κ1) is 18.9. The maximum atomic E-state index is 12.8. The summed E-state index contributed by atoms with van der Waals surface area (Å²) >= 11 is 0. The molecule has 0 aliphatic heterocycles. The number of rotatable bonds is 8. The van der Waals surface area contributed by atoms with E-state index in [4.69, 9.17) is 4.74 Å². The summed E-state index contributed by atoms with van der Waals surface area (Å²) in [4.78, 5) is 25.6. The summed E-state index contributed by atoms with van der Waals surface area (Å²) in [6, 6.07) is 9.60. The Kier molecular flexibility index (Phi) is 5.16. The predicted molar refractivity (Wildman–Crippen MR) is 109 cm³/mol. The average Bonchev–Trinajstić information content (AvgIpc) is 3.46. The van der Waals surface area contributed by atoms with Crippen molar-refractivity contribution in [3.8, 4) is 11.6 Å². The number of nitrogens with one attached hydrogen (secondary N) is 2. The van der Waals surface area contributed by atoms with Gasteiger partial charge in [0.25, 0.3) is 0 Å². The highest BCUT2D eigenvalue weighted by Crippen LogP contribution is 2.51. The zero-order valence-corrected chi connectivity index (χ0v) is 16.6. The standard InChI is InChI=1S/C21H24N6O2/c1-15-22-11-12-27(15)19-13-18(25-14-26-19)23-9-10-24-20(28)21(7-8-21)16-5-3-4-6-17(16)29-2/h3-6,11-14H,7-10H2,1-2H3,(H,24,28)(H,23,25,26). The van der Waals surface area contributed by atoms with E-state index < -0.39 is 5.41 Å². The summed E-state index contributed by atoms with van der Waals surface area (Å²) in [5, 5.41) is 6.27. The number of anilines is 1. The van der Waals surface area contributed by atoms with Gasteiger partial charge in [-0.25, -0.2) is 15.0 Å². The first-order valence-corrected chi connectivity index (χ1v) is 9.62. The van der Waals surface area contributed by atoms with E-state index in [2.05, 4.69) is 25.6 Å². The van der Waals surface area contributed by atoms with E-state index in [9.17, 15) is 4.79 Å². The molecule has 0 bridgehead atoms. The van der Waals surface area contributed by atoms with Crippen LogP contribution < -0.4 is 15.4 Å². The van der Waals surface area contributed by atoms with Crippen molar-refractivity contribution in [1.29, 1.82) is 0 Å². The van der Waals surface area contributed by atoms with Crippen molar-refractivity contribution in [3.05, 3.63) is 60.4 Å². The lowest BCUT2D eigenvalue weighted by molar-refractivity contribution is -0.123. The number of benzene rings is 1. The fourth-order valence-corrected chi connectivity index (χ4v) is 3.52. The van der Waals surface area contributed by atoms with Crippen molar-refractivity contribution >= 4 is 11.7 Å². The summed E-state index contributed by atoms with van der Waals surface area (Å²) in [6.07, 6.45) is 6.78. The van der Waals surface area contributed by atoms with Gasteiger partial charge >= 0.3 is 0 Å². The molecular weight excluding hydrogens is 368 g/mol. The van der Waals surface area contributed by atoms with Gasteiger partial charge in [-0.3, -0.25) is 9.36 Å². The monoisotopic (exact) mass is 392 g/mol. The van der Waals surface area contributed by atoms with Gasteiger partial charge in [-0.2, -0.15) is 0 Å². The third-order valence-corrected chi connectivity index (χ3v) is 5.25. The molecule has 8 heteroatoms. The number of methoxy groups -OCH3 is 1. The molecule has 0 saturated heterocycles. The van der Waals surface area contributed by atoms with Crippen LogP contribution in [0.5, 0.6) is 5.75 Å². The molecular formula is C21H24N6O2. The smallest absolute Gasteiger partial charge is 0.230 e. The second kappa shape index (κ2) is 7.90. The van der Waals surface area contributed by atoms with Gasteiger partial charge in [0.2, 0.25) is 5.91 Å². The van der Waals surface area contributed by atoms with Crippen molar-refractivity contribution < 1.29 is 9.53 Å². The summed E-state index contributed by atoms with van der Waals surface area (Å²) in [5.74, 6) is 3.11. The molecule has 0 spiro atoms. The number of carbonyl (C=O) groups is 1. The molecule has 1 fully saturated rings. The molecule has 2 aromatic heterocycles. The van der Waals surface area contributed by atoms with Crippen LogP contribution in [0.4, 0.5) is 5.82 Å². The topological polar surface area (TPSA) is 94.0 Å². The molecule has 8 nitrogen and oxygen atoms in total. The molecule has 29 heavy (non-hydrogen) atoms. The van der Waals surface area contributed by atoms with Crippen LogP contribution in [0, 0.1) is 6.92 Å². The molecule has 2 heterocycles. The van der Waals surface area contributed by atoms with E-state index >= 15 is 0 Å². The Hall–Kier alpha value is -3.42. The van der Waals surface area contributed by atoms with Gasteiger partial charge in [0.1, 0.15) is 29.5 Å². The van der Waals surface area contributed by atoms with E-state index in [1.54, 1.807) is 13.3 Å². The lowest BCUT2D eigenvalue weighted by Crippen LogP contribution is -2.37. The van der Waals surface area contributed by atoms with E-state index in [1.165, 1.54) is 6.33 Å². The molecule has 150 valence electrons. The van der Waals surface area contributed by atoms with E-state index in [-0.39, 0.29) is 5.91 Å². The van der Waals surface area contributed by atoms with Gasteiger partial charge in [0.15, 0.2) is 0 Å². The lowest BCUT2D eigenvalue weighted by Gasteiger charge is -2.18. The number of hydrogen-bond acceptors (Lipinski definition) is 6. The molecule has 4 rings (SSSR count). The molecule has 1 saturated carbocycles. The Bertz CT molecular complexity index is 1010. The third-order valence-electron chi connectivity index (χ3n) is 5.25. The molecule has 0 radical (unpaired) electrons. The number of imidazole rings is 1. The summed E-state index contributed by atoms with van der Waals surface area (Å²) < 4.78 is 7.33. The number of aryl methyl sites for hydroxylation is 1. The largest absolute Gasteiger partial charge is 0.496 e. The summed E-state index contributed by atoms with van der Waals surface area (Å²) in [7, 11) is 1.64. The molecule has 0 unspecified atom stereocenters. The first-order chi connectivity index (χ1) is 14.1. The normalized spacial score (nSPS) is 14.3. The van der Waals surface area contributed by atoms with Crippen molar-refractivity contribution in [2.45, 2.75) is 25.2 Å². The molecule has 0 atom stereocenters. The van der Waals surface area contributed by atoms with E-state index in [0.29, 0.717) is 18.9 Å². The van der Waals surface area contributed by atoms with E-state index in [1.807, 2.05) is 48.0 Å². The zero-order chi connectivity index (χ0) is 20.3. The SMILES string of the molecule is COc1ccccc1C1(C(=O)NCCNc2cc(-n3ccnc3C)ncn2)CC1. The number of para-hydroxylation sites is 1. The van der Waals surface area contributed by atoms with E-state index in [0.717, 1.165) is 35.8 Å². The van der Waals surface area contributed by atoms with Crippen LogP contribution >= 0.6 is 0 Å². The third kappa shape index (κ3) is 3.78. The Morgan fingerprint density at radius 1 is 1.21 bits per heavy atom. The van der Waals surface area contributed by atoms with Gasteiger partial charge in [-0.1, -0.05) is 18.2 Å². The van der Waals surface area contributed by atoms with Crippen LogP contribution in [0.3, 0.4) is 0 Å². The predicted octanol–water partition coefficient (Wildman–Crippen LogP) is 2.24. The number of amides is 1. The minimum Gasteiger partial charge on any atom is -0.496 e. The first-order valence-electron chi connectivity index (χ1n) is 9.62. The molecule has 1 amide bonds. The molecule has 1 aromatic carbocycles. The zero-order valence-electron chi connectivity index (χ0n) is 16.6. The maximum absolute atomic E-state index is 12.8. The van der Waals surface area contributed by atoms with Gasteiger partial charge in [0, 0.05) is 37.1 Å². The van der Waals surface area contributed by atoms with Crippen molar-refractivity contribution in [2.75, 3.05) is 25.5 Å². The minimum absolute atomic E-state index is 0.0428. The second-order valence-corrected chi connectivity index (χ2v) is 7.07. The maximum Gasteiger partial charge on any atom is 0.230 e. The number of aromatic nitrogens is 4. The molecule has 3 aromatic rings. The van der Waals surface area contributed by atoms with Gasteiger partial charge in [-0.15, -0.1) is 0 Å². The van der Waals surface area contributed by atoms with Gasteiger partial charge in [-0.05, 0) is 25.8 Å². The Labute approximate surface area is 169 Å². The van der Waals surface area contributed by atoms with Crippen LogP contribution in [-0.4, -0.2) is 45.6 Å². The quantitative estimate of drug-likeness (QED) is 0.571. The van der Waals surface area contributed by atoms with Crippen molar-refractivity contribution in [1.82, 2.24) is 24.8 Å². The van der Waals surface area contributed by atoms with Crippen molar-refractivity contribution in [3.63, 3.8) is 0 Å². The Morgan fingerprint density at radius 2 is 2.03 bits per heavy atom. The highest BCUT2D eigenvalue weighted by Gasteiger charge is 2.52. The van der Waals surface area contributed by atoms with Gasteiger partial charge in [0.05, 0.1) is 12.5 Å². The van der Waals surface area contributed by atoms with Crippen LogP contribution in [0.1, 0.15) is 24.2 Å².